The molecule has 26 heavy (non-hydrogen) atoms. The highest BCUT2D eigenvalue weighted by Gasteiger charge is 2.25. The van der Waals surface area contributed by atoms with Crippen LogP contribution in [0.25, 0.3) is 10.9 Å². The van der Waals surface area contributed by atoms with Gasteiger partial charge in [-0.05, 0) is 29.8 Å². The van der Waals surface area contributed by atoms with Crippen LogP contribution >= 0.6 is 11.6 Å². The number of hydrogen-bond donors (Lipinski definition) is 3. The van der Waals surface area contributed by atoms with Crippen LogP contribution in [0.15, 0.2) is 36.5 Å². The van der Waals surface area contributed by atoms with Gasteiger partial charge in [0.1, 0.15) is 12.6 Å². The van der Waals surface area contributed by atoms with Crippen LogP contribution in [0.2, 0.25) is 5.02 Å². The highest BCUT2D eigenvalue weighted by atomic mass is 35.5. The van der Waals surface area contributed by atoms with Crippen molar-refractivity contribution in [2.24, 2.45) is 0 Å². The number of esters is 1. The topological polar surface area (TPSA) is 96.1 Å². The fourth-order valence-electron chi connectivity index (χ4n) is 3.08. The molecule has 132 valence electrons. The lowest BCUT2D eigenvalue weighted by Gasteiger charge is -2.20. The lowest BCUT2D eigenvalue weighted by atomic mass is 10.0. The number of carbonyl (C=O) groups is 2. The van der Waals surface area contributed by atoms with E-state index in [9.17, 15) is 9.59 Å². The maximum atomic E-state index is 12.6. The zero-order valence-corrected chi connectivity index (χ0v) is 14.6. The Morgan fingerprint density at radius 2 is 2.19 bits per heavy atom. The number of H-pyrrole nitrogens is 1. The number of aromatic nitrogens is 2. The number of likely N-dealkylation sites (N-methyl/N-ethyl adjacent to an activating group) is 1. The van der Waals surface area contributed by atoms with E-state index in [0.29, 0.717) is 21.8 Å². The van der Waals surface area contributed by atoms with Crippen molar-refractivity contribution in [3.05, 3.63) is 58.2 Å². The molecule has 2 aromatic carbocycles. The summed E-state index contributed by atoms with van der Waals surface area (Å²) in [7, 11) is 1.56. The molecule has 0 saturated carbocycles. The number of anilines is 1. The van der Waals surface area contributed by atoms with E-state index in [1.165, 1.54) is 0 Å². The summed E-state index contributed by atoms with van der Waals surface area (Å²) in [4.78, 5) is 24.3. The summed E-state index contributed by atoms with van der Waals surface area (Å²) in [6, 6.07) is 8.09. The Kier molecular flexibility index (Phi) is 4.00. The van der Waals surface area contributed by atoms with Crippen molar-refractivity contribution in [2.45, 2.75) is 12.6 Å². The number of carbonyl (C=O) groups excluding carboxylic acids is 2. The molecule has 0 unspecified atom stereocenters. The molecule has 1 aromatic heterocycles. The average molecular weight is 371 g/mol. The molecule has 1 amide bonds. The minimum absolute atomic E-state index is 0.238. The van der Waals surface area contributed by atoms with E-state index in [-0.39, 0.29) is 18.5 Å². The van der Waals surface area contributed by atoms with E-state index in [4.69, 9.17) is 16.3 Å². The zero-order chi connectivity index (χ0) is 18.3. The number of benzene rings is 2. The number of cyclic esters (lactones) is 1. The van der Waals surface area contributed by atoms with Gasteiger partial charge in [-0.25, -0.2) is 4.79 Å². The van der Waals surface area contributed by atoms with Crippen LogP contribution in [0, 0.1) is 0 Å². The minimum atomic E-state index is -0.714. The molecule has 3 aromatic rings. The molecule has 7 nitrogen and oxygen atoms in total. The summed E-state index contributed by atoms with van der Waals surface area (Å²) in [6.45, 7) is 0.275. The molecule has 2 heterocycles. The molecule has 0 fully saturated rings. The monoisotopic (exact) mass is 370 g/mol. The molecule has 4 rings (SSSR count). The van der Waals surface area contributed by atoms with Gasteiger partial charge in [0.15, 0.2) is 0 Å². The standard InChI is InChI=1S/C18H15ClN4O3/c1-20-17(24)16(13-4-10(19)5-15-14(13)7-21-23-15)22-11-3-2-9-8-26-18(25)12(9)6-11/h2-7,16,22H,8H2,1H3,(H,20,24)(H,21,23)/t16-/m1/s1. The number of nitrogens with one attached hydrogen (secondary N) is 3. The highest BCUT2D eigenvalue weighted by Crippen LogP contribution is 2.31. The van der Waals surface area contributed by atoms with E-state index in [1.807, 2.05) is 12.1 Å². The lowest BCUT2D eigenvalue weighted by Crippen LogP contribution is -2.31. The first-order chi connectivity index (χ1) is 12.6. The van der Waals surface area contributed by atoms with Crippen molar-refractivity contribution in [3.8, 4) is 0 Å². The maximum Gasteiger partial charge on any atom is 0.338 e. The number of fused-ring (bicyclic) bond motifs is 2. The SMILES string of the molecule is CNC(=O)[C@H](Nc1ccc2c(c1)C(=O)OC2)c1cc(Cl)cc2[nH]ncc12. The Hall–Kier alpha value is -3.06. The van der Waals surface area contributed by atoms with Crippen LogP contribution in [-0.4, -0.2) is 29.1 Å². The molecular weight excluding hydrogens is 356 g/mol. The van der Waals surface area contributed by atoms with Gasteiger partial charge in [-0.2, -0.15) is 5.10 Å². The first kappa shape index (κ1) is 16.4. The highest BCUT2D eigenvalue weighted by molar-refractivity contribution is 6.31. The van der Waals surface area contributed by atoms with Gasteiger partial charge in [0.2, 0.25) is 5.91 Å². The lowest BCUT2D eigenvalue weighted by molar-refractivity contribution is -0.121. The molecule has 0 bridgehead atoms. The smallest absolute Gasteiger partial charge is 0.338 e. The number of rotatable bonds is 4. The van der Waals surface area contributed by atoms with Crippen LogP contribution in [-0.2, 0) is 16.1 Å². The molecule has 0 radical (unpaired) electrons. The van der Waals surface area contributed by atoms with Crippen molar-refractivity contribution in [3.63, 3.8) is 0 Å². The second-order valence-corrected chi connectivity index (χ2v) is 6.40. The first-order valence-corrected chi connectivity index (χ1v) is 8.35. The Balaban J connectivity index is 1.77. The molecule has 1 atom stereocenters. The second-order valence-electron chi connectivity index (χ2n) is 5.97. The quantitative estimate of drug-likeness (QED) is 0.614. The number of nitrogens with zero attached hydrogens (tertiary/aromatic N) is 1. The Morgan fingerprint density at radius 3 is 3.00 bits per heavy atom. The van der Waals surface area contributed by atoms with Crippen LogP contribution in [0.5, 0.6) is 0 Å². The first-order valence-electron chi connectivity index (χ1n) is 7.97. The van der Waals surface area contributed by atoms with E-state index in [2.05, 4.69) is 20.8 Å². The van der Waals surface area contributed by atoms with Gasteiger partial charge in [-0.1, -0.05) is 17.7 Å². The third-order valence-electron chi connectivity index (χ3n) is 4.37. The van der Waals surface area contributed by atoms with Gasteiger partial charge in [-0.3, -0.25) is 9.89 Å². The largest absolute Gasteiger partial charge is 0.457 e. The van der Waals surface area contributed by atoms with Crippen molar-refractivity contribution in [1.82, 2.24) is 15.5 Å². The van der Waals surface area contributed by atoms with Crippen LogP contribution < -0.4 is 10.6 Å². The van der Waals surface area contributed by atoms with Crippen molar-refractivity contribution >= 4 is 40.1 Å². The Bertz CT molecular complexity index is 1030. The van der Waals surface area contributed by atoms with Crippen molar-refractivity contribution in [2.75, 3.05) is 12.4 Å². The number of halogens is 1. The van der Waals surface area contributed by atoms with Crippen LogP contribution in [0.3, 0.4) is 0 Å². The van der Waals surface area contributed by atoms with Crippen molar-refractivity contribution in [1.29, 1.82) is 0 Å². The van der Waals surface area contributed by atoms with Crippen LogP contribution in [0.4, 0.5) is 5.69 Å². The summed E-state index contributed by atoms with van der Waals surface area (Å²) < 4.78 is 5.02. The fraction of sp³-hybridized carbons (Fsp3) is 0.167. The minimum Gasteiger partial charge on any atom is -0.457 e. The van der Waals surface area contributed by atoms with Gasteiger partial charge in [0.05, 0.1) is 17.3 Å². The average Bonchev–Trinajstić information content (AvgIpc) is 3.25. The Labute approximate surface area is 153 Å². The fourth-order valence-corrected chi connectivity index (χ4v) is 3.31. The predicted octanol–water partition coefficient (Wildman–Crippen LogP) is 2.79. The normalized spacial score (nSPS) is 14.0. The molecule has 0 aliphatic carbocycles. The number of ether oxygens (including phenoxy) is 1. The summed E-state index contributed by atoms with van der Waals surface area (Å²) in [5.74, 6) is -0.599. The molecule has 3 N–H and O–H groups in total. The number of aromatic amines is 1. The summed E-state index contributed by atoms with van der Waals surface area (Å²) in [6.07, 6.45) is 1.65. The van der Waals surface area contributed by atoms with E-state index in [0.717, 1.165) is 16.5 Å². The number of hydrogen-bond acceptors (Lipinski definition) is 5. The van der Waals surface area contributed by atoms with Gasteiger partial charge in [0, 0.05) is 28.7 Å². The summed E-state index contributed by atoms with van der Waals surface area (Å²) >= 11 is 6.20. The van der Waals surface area contributed by atoms with Gasteiger partial charge in [-0.15, -0.1) is 0 Å². The predicted molar refractivity (Wildman–Crippen MR) is 97.1 cm³/mol. The van der Waals surface area contributed by atoms with E-state index in [1.54, 1.807) is 31.4 Å². The maximum absolute atomic E-state index is 12.6. The van der Waals surface area contributed by atoms with Gasteiger partial charge >= 0.3 is 5.97 Å². The van der Waals surface area contributed by atoms with Crippen LogP contribution in [0.1, 0.15) is 27.5 Å². The summed E-state index contributed by atoms with van der Waals surface area (Å²) in [5.41, 5.74) is 3.39. The third kappa shape index (κ3) is 2.76. The molecule has 1 aliphatic heterocycles. The summed E-state index contributed by atoms with van der Waals surface area (Å²) in [5, 5.41) is 14.0. The second kappa shape index (κ2) is 6.34. The third-order valence-corrected chi connectivity index (χ3v) is 4.59. The van der Waals surface area contributed by atoms with E-state index >= 15 is 0 Å². The number of amides is 1. The van der Waals surface area contributed by atoms with Crippen molar-refractivity contribution < 1.29 is 14.3 Å². The molecule has 1 aliphatic rings. The van der Waals surface area contributed by atoms with Gasteiger partial charge < -0.3 is 15.4 Å². The molecule has 0 saturated heterocycles. The van der Waals surface area contributed by atoms with E-state index < -0.39 is 6.04 Å². The molecule has 8 heteroatoms. The Morgan fingerprint density at radius 1 is 1.35 bits per heavy atom. The zero-order valence-electron chi connectivity index (χ0n) is 13.8. The van der Waals surface area contributed by atoms with Gasteiger partial charge in [0.25, 0.3) is 0 Å². The molecular formula is C18H15ClN4O3. The molecule has 0 spiro atoms.